The molecule has 0 saturated heterocycles. The number of nitrogens with zero attached hydrogens (tertiary/aromatic N) is 3. The molecule has 2 heterocycles. The Labute approximate surface area is 198 Å². The van der Waals surface area contributed by atoms with Crippen LogP contribution in [0.25, 0.3) is 0 Å². The molecule has 3 rings (SSSR count). The molecule has 0 aliphatic carbocycles. The van der Waals surface area contributed by atoms with Crippen LogP contribution in [0.5, 0.6) is 5.75 Å². The number of oxazole rings is 1. The van der Waals surface area contributed by atoms with Gasteiger partial charge in [-0.25, -0.2) is 23.4 Å². The zero-order valence-electron chi connectivity index (χ0n) is 18.4. The molecule has 0 radical (unpaired) electrons. The monoisotopic (exact) mass is 497 g/mol. The number of sulfone groups is 1. The normalized spacial score (nSPS) is 12.2. The van der Waals surface area contributed by atoms with Gasteiger partial charge in [-0.05, 0) is 29.7 Å². The standard InChI is InChI=1S/C22H25Cl2N3O4S/c1-5-8-30-20-16(23)9-14(10-17(20)24)22(2,3)15-11-25-19(26-12-15)7-6-18-21(27-13-31-18)32(4,28)29/h9-13H,5-8H2,1-4H3. The van der Waals surface area contributed by atoms with Gasteiger partial charge in [-0.3, -0.25) is 0 Å². The van der Waals surface area contributed by atoms with Crippen molar-refractivity contribution in [1.29, 1.82) is 0 Å². The van der Waals surface area contributed by atoms with Gasteiger partial charge in [0.15, 0.2) is 27.0 Å². The summed E-state index contributed by atoms with van der Waals surface area (Å²) in [4.78, 5) is 12.7. The van der Waals surface area contributed by atoms with Gasteiger partial charge in [-0.2, -0.15) is 0 Å². The van der Waals surface area contributed by atoms with Crippen molar-refractivity contribution in [3.8, 4) is 5.75 Å². The molecular weight excluding hydrogens is 473 g/mol. The molecule has 0 N–H and O–H groups in total. The summed E-state index contributed by atoms with van der Waals surface area (Å²) in [7, 11) is -3.44. The predicted molar refractivity (Wildman–Crippen MR) is 123 cm³/mol. The summed E-state index contributed by atoms with van der Waals surface area (Å²) < 4.78 is 34.4. The first-order valence-electron chi connectivity index (χ1n) is 10.1. The minimum absolute atomic E-state index is 0.0459. The van der Waals surface area contributed by atoms with E-state index in [0.717, 1.165) is 30.2 Å². The van der Waals surface area contributed by atoms with Gasteiger partial charge in [0.1, 0.15) is 11.6 Å². The number of hydrogen-bond acceptors (Lipinski definition) is 7. The Hall–Kier alpha value is -2.16. The number of halogens is 2. The molecule has 0 spiro atoms. The molecule has 0 atom stereocenters. The van der Waals surface area contributed by atoms with E-state index in [9.17, 15) is 8.42 Å². The molecule has 1 aromatic carbocycles. The van der Waals surface area contributed by atoms with Crippen molar-refractivity contribution in [2.75, 3.05) is 12.9 Å². The van der Waals surface area contributed by atoms with Gasteiger partial charge in [-0.15, -0.1) is 0 Å². The van der Waals surface area contributed by atoms with Crippen LogP contribution < -0.4 is 4.74 Å². The van der Waals surface area contributed by atoms with Gasteiger partial charge < -0.3 is 9.15 Å². The van der Waals surface area contributed by atoms with E-state index in [4.69, 9.17) is 32.4 Å². The fourth-order valence-corrected chi connectivity index (χ4v) is 4.58. The fraction of sp³-hybridized carbons (Fsp3) is 0.409. The van der Waals surface area contributed by atoms with E-state index in [1.54, 1.807) is 12.4 Å². The first kappa shape index (κ1) is 24.5. The third kappa shape index (κ3) is 5.42. The van der Waals surface area contributed by atoms with Crippen molar-refractivity contribution in [3.63, 3.8) is 0 Å². The molecule has 0 aliphatic rings. The predicted octanol–water partition coefficient (Wildman–Crippen LogP) is 5.07. The van der Waals surface area contributed by atoms with Crippen molar-refractivity contribution in [2.45, 2.75) is 50.5 Å². The maximum Gasteiger partial charge on any atom is 0.196 e. The highest BCUT2D eigenvalue weighted by Gasteiger charge is 2.27. The lowest BCUT2D eigenvalue weighted by molar-refractivity contribution is 0.317. The Balaban J connectivity index is 1.77. The lowest BCUT2D eigenvalue weighted by Gasteiger charge is -2.26. The van der Waals surface area contributed by atoms with E-state index < -0.39 is 15.3 Å². The molecule has 0 bridgehead atoms. The number of aryl methyl sites for hydroxylation is 2. The second kappa shape index (κ2) is 9.77. The summed E-state index contributed by atoms with van der Waals surface area (Å²) in [5, 5.41) is 0.871. The number of ether oxygens (including phenoxy) is 1. The molecule has 3 aromatic rings. The highest BCUT2D eigenvalue weighted by molar-refractivity contribution is 7.90. The summed E-state index contributed by atoms with van der Waals surface area (Å²) in [6.45, 7) is 6.62. The van der Waals surface area contributed by atoms with Gasteiger partial charge in [0.05, 0.1) is 16.7 Å². The van der Waals surface area contributed by atoms with Gasteiger partial charge in [-0.1, -0.05) is 44.0 Å². The van der Waals surface area contributed by atoms with Crippen molar-refractivity contribution in [3.05, 3.63) is 63.7 Å². The summed E-state index contributed by atoms with van der Waals surface area (Å²) in [6.07, 6.45) is 7.34. The fourth-order valence-electron chi connectivity index (χ4n) is 3.19. The Bertz CT molecular complexity index is 1170. The van der Waals surface area contributed by atoms with Gasteiger partial charge in [0.2, 0.25) is 0 Å². The van der Waals surface area contributed by atoms with Gasteiger partial charge in [0.25, 0.3) is 0 Å². The van der Waals surface area contributed by atoms with E-state index in [1.165, 1.54) is 0 Å². The summed E-state index contributed by atoms with van der Waals surface area (Å²) in [5.41, 5.74) is 1.34. The van der Waals surface area contributed by atoms with Crippen molar-refractivity contribution >= 4 is 33.0 Å². The first-order valence-corrected chi connectivity index (χ1v) is 12.7. The third-order valence-electron chi connectivity index (χ3n) is 5.13. The van der Waals surface area contributed by atoms with Crippen LogP contribution in [0.15, 0.2) is 40.4 Å². The van der Waals surface area contributed by atoms with Crippen molar-refractivity contribution in [1.82, 2.24) is 15.0 Å². The molecule has 7 nitrogen and oxygen atoms in total. The molecule has 0 aliphatic heterocycles. The van der Waals surface area contributed by atoms with E-state index >= 15 is 0 Å². The Morgan fingerprint density at radius 1 is 1.03 bits per heavy atom. The largest absolute Gasteiger partial charge is 0.490 e. The SMILES string of the molecule is CCCOc1c(Cl)cc(C(C)(C)c2cnc(CCc3ocnc3S(C)(=O)=O)nc2)cc1Cl. The van der Waals surface area contributed by atoms with Crippen LogP contribution in [0.4, 0.5) is 0 Å². The van der Waals surface area contributed by atoms with Crippen LogP contribution in [0.1, 0.15) is 49.9 Å². The van der Waals surface area contributed by atoms with Crippen LogP contribution in [-0.4, -0.2) is 36.2 Å². The van der Waals surface area contributed by atoms with E-state index in [2.05, 4.69) is 15.0 Å². The molecule has 0 unspecified atom stereocenters. The average Bonchev–Trinajstić information content (AvgIpc) is 3.21. The quantitative estimate of drug-likeness (QED) is 0.406. The lowest BCUT2D eigenvalue weighted by Crippen LogP contribution is -2.20. The number of rotatable bonds is 9. The van der Waals surface area contributed by atoms with Crippen LogP contribution in [-0.2, 0) is 28.1 Å². The minimum Gasteiger partial charge on any atom is -0.490 e. The minimum atomic E-state index is -3.44. The Kier molecular flexibility index (Phi) is 7.47. The molecule has 2 aromatic heterocycles. The smallest absolute Gasteiger partial charge is 0.196 e. The number of benzene rings is 1. The van der Waals surface area contributed by atoms with Crippen LogP contribution in [0.3, 0.4) is 0 Å². The van der Waals surface area contributed by atoms with Crippen molar-refractivity contribution < 1.29 is 17.6 Å². The van der Waals surface area contributed by atoms with Crippen LogP contribution >= 0.6 is 23.2 Å². The summed E-state index contributed by atoms with van der Waals surface area (Å²) in [5.74, 6) is 1.36. The Morgan fingerprint density at radius 2 is 1.66 bits per heavy atom. The first-order chi connectivity index (χ1) is 15.0. The zero-order chi connectivity index (χ0) is 23.5. The van der Waals surface area contributed by atoms with Crippen LogP contribution in [0, 0.1) is 0 Å². The summed E-state index contributed by atoms with van der Waals surface area (Å²) >= 11 is 12.9. The summed E-state index contributed by atoms with van der Waals surface area (Å²) in [6, 6.07) is 3.70. The lowest BCUT2D eigenvalue weighted by atomic mass is 9.79. The highest BCUT2D eigenvalue weighted by atomic mass is 35.5. The third-order valence-corrected chi connectivity index (χ3v) is 6.72. The topological polar surface area (TPSA) is 95.2 Å². The van der Waals surface area contributed by atoms with Gasteiger partial charge in [0, 0.05) is 36.9 Å². The van der Waals surface area contributed by atoms with E-state index in [-0.39, 0.29) is 5.03 Å². The number of aromatic nitrogens is 3. The van der Waals surface area contributed by atoms with Crippen LogP contribution in [0.2, 0.25) is 10.0 Å². The molecule has 10 heteroatoms. The maximum absolute atomic E-state index is 11.8. The Morgan fingerprint density at radius 3 is 2.22 bits per heavy atom. The second-order valence-electron chi connectivity index (χ2n) is 7.98. The van der Waals surface area contributed by atoms with Crippen molar-refractivity contribution in [2.24, 2.45) is 0 Å². The average molecular weight is 498 g/mol. The number of hydrogen-bond donors (Lipinski definition) is 0. The highest BCUT2D eigenvalue weighted by Crippen LogP contribution is 2.40. The molecular formula is C22H25Cl2N3O4S. The molecule has 0 saturated carbocycles. The molecule has 0 amide bonds. The molecule has 32 heavy (non-hydrogen) atoms. The zero-order valence-corrected chi connectivity index (χ0v) is 20.7. The second-order valence-corrected chi connectivity index (χ2v) is 10.7. The maximum atomic E-state index is 11.8. The van der Waals surface area contributed by atoms with E-state index in [1.807, 2.05) is 32.9 Å². The van der Waals surface area contributed by atoms with E-state index in [0.29, 0.717) is 46.8 Å². The molecule has 0 fully saturated rings. The van der Waals surface area contributed by atoms with Gasteiger partial charge >= 0.3 is 0 Å². The molecule has 172 valence electrons.